The summed E-state index contributed by atoms with van der Waals surface area (Å²) in [5, 5.41) is 11.5. The molecule has 0 radical (unpaired) electrons. The Morgan fingerprint density at radius 2 is 2.05 bits per heavy atom. The van der Waals surface area contributed by atoms with Crippen molar-refractivity contribution in [2.45, 2.75) is 58.1 Å². The fourth-order valence-corrected chi connectivity index (χ4v) is 2.11. The highest BCUT2D eigenvalue weighted by atomic mass is 16.6. The first-order chi connectivity index (χ1) is 9.67. The second-order valence-corrected chi connectivity index (χ2v) is 6.22. The molecular weight excluding hydrogens is 274 g/mol. The average Bonchev–Trinajstić information content (AvgIpc) is 2.77. The lowest BCUT2D eigenvalue weighted by Gasteiger charge is -2.21. The second-order valence-electron chi connectivity index (χ2n) is 6.22. The van der Waals surface area contributed by atoms with Crippen LogP contribution in [0.2, 0.25) is 0 Å². The summed E-state index contributed by atoms with van der Waals surface area (Å²) >= 11 is 0. The molecule has 0 aromatic heterocycles. The van der Waals surface area contributed by atoms with E-state index in [1.807, 2.05) is 12.2 Å². The summed E-state index contributed by atoms with van der Waals surface area (Å²) in [7, 11) is 0. The van der Waals surface area contributed by atoms with Gasteiger partial charge in [0.25, 0.3) is 0 Å². The number of carbonyl (C=O) groups is 3. The van der Waals surface area contributed by atoms with Crippen molar-refractivity contribution in [2.75, 3.05) is 0 Å². The molecule has 118 valence electrons. The normalized spacial score (nSPS) is 19.1. The van der Waals surface area contributed by atoms with Crippen molar-refractivity contribution in [2.24, 2.45) is 5.92 Å². The molecule has 21 heavy (non-hydrogen) atoms. The quantitative estimate of drug-likeness (QED) is 0.574. The van der Waals surface area contributed by atoms with Crippen molar-refractivity contribution in [1.82, 2.24) is 5.32 Å². The van der Waals surface area contributed by atoms with E-state index < -0.39 is 23.6 Å². The summed E-state index contributed by atoms with van der Waals surface area (Å²) < 4.78 is 5.07. The average molecular weight is 297 g/mol. The maximum Gasteiger partial charge on any atom is 0.326 e. The number of hydrogen-bond acceptors (Lipinski definition) is 4. The first kappa shape index (κ1) is 17.2. The number of carboxylic acids is 1. The van der Waals surface area contributed by atoms with Gasteiger partial charge in [0.15, 0.2) is 0 Å². The van der Waals surface area contributed by atoms with Gasteiger partial charge in [-0.15, -0.1) is 0 Å². The maximum absolute atomic E-state index is 11.8. The van der Waals surface area contributed by atoms with E-state index >= 15 is 0 Å². The van der Waals surface area contributed by atoms with Crippen LogP contribution in [0.4, 0.5) is 0 Å². The van der Waals surface area contributed by atoms with Crippen molar-refractivity contribution in [3.63, 3.8) is 0 Å². The third kappa shape index (κ3) is 6.92. The first-order valence-electron chi connectivity index (χ1n) is 7.08. The van der Waals surface area contributed by atoms with Crippen LogP contribution in [-0.2, 0) is 19.1 Å². The standard InChI is InChI=1S/C15H23NO5/c1-15(2,3)21-13(18)9-11(14(19)20)16-12(17)8-10-6-4-5-7-10/h4,6,10-11H,5,7-9H2,1-3H3,(H,16,17)(H,19,20)/t10?,11-/m0/s1. The van der Waals surface area contributed by atoms with E-state index in [0.717, 1.165) is 12.8 Å². The minimum Gasteiger partial charge on any atom is -0.480 e. The van der Waals surface area contributed by atoms with Gasteiger partial charge < -0.3 is 15.2 Å². The van der Waals surface area contributed by atoms with Crippen LogP contribution in [0.3, 0.4) is 0 Å². The van der Waals surface area contributed by atoms with Gasteiger partial charge in [0.05, 0.1) is 6.42 Å². The minimum atomic E-state index is -1.25. The number of amides is 1. The molecule has 0 spiro atoms. The molecule has 1 amide bonds. The molecule has 6 nitrogen and oxygen atoms in total. The summed E-state index contributed by atoms with van der Waals surface area (Å²) in [5.41, 5.74) is -0.682. The van der Waals surface area contributed by atoms with E-state index in [1.54, 1.807) is 20.8 Å². The molecule has 1 unspecified atom stereocenters. The Morgan fingerprint density at radius 3 is 2.52 bits per heavy atom. The van der Waals surface area contributed by atoms with Gasteiger partial charge in [0.1, 0.15) is 11.6 Å². The third-order valence-electron chi connectivity index (χ3n) is 2.98. The summed E-state index contributed by atoms with van der Waals surface area (Å²) in [6.45, 7) is 5.10. The zero-order chi connectivity index (χ0) is 16.0. The van der Waals surface area contributed by atoms with Gasteiger partial charge in [0, 0.05) is 6.42 Å². The number of aliphatic carboxylic acids is 1. The lowest BCUT2D eigenvalue weighted by atomic mass is 10.0. The van der Waals surface area contributed by atoms with Crippen LogP contribution in [0.25, 0.3) is 0 Å². The SMILES string of the molecule is CC(C)(C)OC(=O)C[C@H](NC(=O)CC1C=CCC1)C(=O)O. The van der Waals surface area contributed by atoms with Crippen molar-refractivity contribution < 1.29 is 24.2 Å². The van der Waals surface area contributed by atoms with Crippen LogP contribution >= 0.6 is 0 Å². The number of esters is 1. The lowest BCUT2D eigenvalue weighted by Crippen LogP contribution is -2.43. The highest BCUT2D eigenvalue weighted by Gasteiger charge is 2.27. The maximum atomic E-state index is 11.8. The smallest absolute Gasteiger partial charge is 0.326 e. The van der Waals surface area contributed by atoms with E-state index in [0.29, 0.717) is 0 Å². The molecule has 0 heterocycles. The zero-order valence-electron chi connectivity index (χ0n) is 12.7. The fraction of sp³-hybridized carbons (Fsp3) is 0.667. The molecule has 1 rings (SSSR count). The largest absolute Gasteiger partial charge is 0.480 e. The number of carboxylic acid groups (broad SMARTS) is 1. The number of hydrogen-bond donors (Lipinski definition) is 2. The number of carbonyl (C=O) groups excluding carboxylic acids is 2. The lowest BCUT2D eigenvalue weighted by molar-refractivity contribution is -0.158. The van der Waals surface area contributed by atoms with E-state index in [1.165, 1.54) is 0 Å². The predicted molar refractivity (Wildman–Crippen MR) is 76.5 cm³/mol. The van der Waals surface area contributed by atoms with Crippen molar-refractivity contribution >= 4 is 17.8 Å². The van der Waals surface area contributed by atoms with E-state index in [4.69, 9.17) is 9.84 Å². The van der Waals surface area contributed by atoms with Crippen molar-refractivity contribution in [1.29, 1.82) is 0 Å². The highest BCUT2D eigenvalue weighted by Crippen LogP contribution is 2.20. The van der Waals surface area contributed by atoms with Gasteiger partial charge in [-0.05, 0) is 39.5 Å². The first-order valence-corrected chi connectivity index (χ1v) is 7.08. The molecule has 1 aliphatic carbocycles. The molecule has 0 fully saturated rings. The summed E-state index contributed by atoms with van der Waals surface area (Å²) in [4.78, 5) is 34.6. The molecule has 1 aliphatic rings. The van der Waals surface area contributed by atoms with E-state index in [9.17, 15) is 14.4 Å². The van der Waals surface area contributed by atoms with Crippen LogP contribution < -0.4 is 5.32 Å². The summed E-state index contributed by atoms with van der Waals surface area (Å²) in [6, 6.07) is -1.25. The monoisotopic (exact) mass is 297 g/mol. The van der Waals surface area contributed by atoms with Crippen LogP contribution in [0.15, 0.2) is 12.2 Å². The molecule has 0 bridgehead atoms. The van der Waals surface area contributed by atoms with Gasteiger partial charge in [-0.25, -0.2) is 4.79 Å². The zero-order valence-corrected chi connectivity index (χ0v) is 12.7. The highest BCUT2D eigenvalue weighted by molar-refractivity contribution is 5.87. The molecular formula is C15H23NO5. The molecule has 0 aromatic rings. The predicted octanol–water partition coefficient (Wildman–Crippen LogP) is 1.64. The second kappa shape index (κ2) is 7.24. The third-order valence-corrected chi connectivity index (χ3v) is 2.98. The minimum absolute atomic E-state index is 0.154. The molecule has 0 aliphatic heterocycles. The molecule has 2 N–H and O–H groups in total. The van der Waals surface area contributed by atoms with Gasteiger partial charge >= 0.3 is 11.9 Å². The summed E-state index contributed by atoms with van der Waals surface area (Å²) in [6.07, 6.45) is 5.68. The van der Waals surface area contributed by atoms with Gasteiger partial charge in [0.2, 0.25) is 5.91 Å². The molecule has 2 atom stereocenters. The van der Waals surface area contributed by atoms with E-state index in [2.05, 4.69) is 5.32 Å². The molecule has 0 aromatic carbocycles. The Hall–Kier alpha value is -1.85. The van der Waals surface area contributed by atoms with Crippen LogP contribution in [-0.4, -0.2) is 34.6 Å². The van der Waals surface area contributed by atoms with Crippen LogP contribution in [0.1, 0.15) is 46.5 Å². The van der Waals surface area contributed by atoms with Crippen molar-refractivity contribution in [3.05, 3.63) is 12.2 Å². The molecule has 6 heteroatoms. The Bertz CT molecular complexity index is 436. The summed E-state index contributed by atoms with van der Waals surface area (Å²) in [5.74, 6) is -2.09. The van der Waals surface area contributed by atoms with Crippen LogP contribution in [0, 0.1) is 5.92 Å². The number of nitrogens with one attached hydrogen (secondary N) is 1. The van der Waals surface area contributed by atoms with Gasteiger partial charge in [-0.2, -0.15) is 0 Å². The van der Waals surface area contributed by atoms with Gasteiger partial charge in [-0.3, -0.25) is 9.59 Å². The van der Waals surface area contributed by atoms with Crippen molar-refractivity contribution in [3.8, 4) is 0 Å². The number of allylic oxidation sites excluding steroid dienone is 2. The Labute approximate surface area is 124 Å². The Balaban J connectivity index is 2.49. The fourth-order valence-electron chi connectivity index (χ4n) is 2.11. The molecule has 0 saturated carbocycles. The Morgan fingerprint density at radius 1 is 1.38 bits per heavy atom. The Kier molecular flexibility index (Phi) is 5.93. The molecule has 0 saturated heterocycles. The van der Waals surface area contributed by atoms with E-state index in [-0.39, 0.29) is 24.7 Å². The van der Waals surface area contributed by atoms with Gasteiger partial charge in [-0.1, -0.05) is 12.2 Å². The number of rotatable bonds is 6. The van der Waals surface area contributed by atoms with Crippen LogP contribution in [0.5, 0.6) is 0 Å². The number of ether oxygens (including phenoxy) is 1. The topological polar surface area (TPSA) is 92.7 Å².